The minimum atomic E-state index is -0.412. The maximum Gasteiger partial charge on any atom is 0.122 e. The van der Waals surface area contributed by atoms with Crippen LogP contribution in [0.15, 0.2) is 12.2 Å². The minimum Gasteiger partial charge on any atom is -0.393 e. The predicted octanol–water partition coefficient (Wildman–Crippen LogP) is 3.63. The molecule has 1 unspecified atom stereocenters. The fourth-order valence-electron chi connectivity index (χ4n) is 1.69. The number of rotatable bonds is 11. The van der Waals surface area contributed by atoms with Gasteiger partial charge in [0.25, 0.3) is 0 Å². The molecule has 0 aromatic carbocycles. The van der Waals surface area contributed by atoms with Gasteiger partial charge in [-0.05, 0) is 25.7 Å². The van der Waals surface area contributed by atoms with Crippen LogP contribution in [-0.2, 0) is 4.79 Å². The summed E-state index contributed by atoms with van der Waals surface area (Å²) in [4.78, 5) is 10.1. The van der Waals surface area contributed by atoms with Crippen LogP contribution >= 0.6 is 0 Å². The standard InChI is InChI=1S/C14H26O2/c1-2-3-4-5-6-7-8-9-10-11-14(16)12-13-15/h3-4,13-14,16H,2,5-12H2,1H3/b4-3+. The van der Waals surface area contributed by atoms with Gasteiger partial charge in [-0.25, -0.2) is 0 Å². The summed E-state index contributed by atoms with van der Waals surface area (Å²) in [7, 11) is 0. The normalized spacial score (nSPS) is 13.1. The average Bonchev–Trinajstić information content (AvgIpc) is 2.27. The molecule has 2 heteroatoms. The molecule has 0 saturated heterocycles. The Bertz CT molecular complexity index is 176. The van der Waals surface area contributed by atoms with Crippen LogP contribution in [0.4, 0.5) is 0 Å². The van der Waals surface area contributed by atoms with Crippen LogP contribution in [0.1, 0.15) is 64.7 Å². The van der Waals surface area contributed by atoms with Crippen molar-refractivity contribution in [3.63, 3.8) is 0 Å². The van der Waals surface area contributed by atoms with Crippen molar-refractivity contribution in [2.45, 2.75) is 70.8 Å². The number of aldehydes is 1. The van der Waals surface area contributed by atoms with E-state index in [9.17, 15) is 9.90 Å². The van der Waals surface area contributed by atoms with Crippen molar-refractivity contribution in [1.82, 2.24) is 0 Å². The molecule has 2 nitrogen and oxygen atoms in total. The summed E-state index contributed by atoms with van der Waals surface area (Å²) < 4.78 is 0. The van der Waals surface area contributed by atoms with E-state index in [1.165, 1.54) is 32.1 Å². The molecule has 0 aromatic rings. The molecule has 1 N–H and O–H groups in total. The van der Waals surface area contributed by atoms with Crippen molar-refractivity contribution in [3.8, 4) is 0 Å². The lowest BCUT2D eigenvalue weighted by Gasteiger charge is -2.05. The van der Waals surface area contributed by atoms with Gasteiger partial charge in [-0.3, -0.25) is 0 Å². The highest BCUT2D eigenvalue weighted by molar-refractivity contribution is 5.49. The molecule has 16 heavy (non-hydrogen) atoms. The number of carbonyl (C=O) groups is 1. The van der Waals surface area contributed by atoms with Gasteiger partial charge in [0.2, 0.25) is 0 Å². The number of hydrogen-bond acceptors (Lipinski definition) is 2. The average molecular weight is 226 g/mol. The molecule has 0 amide bonds. The molecule has 0 bridgehead atoms. The second-order valence-electron chi connectivity index (χ2n) is 4.28. The molecule has 0 aliphatic carbocycles. The zero-order chi connectivity index (χ0) is 12.1. The molecule has 0 radical (unpaired) electrons. The van der Waals surface area contributed by atoms with E-state index >= 15 is 0 Å². The first-order chi connectivity index (χ1) is 7.81. The molecule has 0 spiro atoms. The van der Waals surface area contributed by atoms with Gasteiger partial charge in [0.15, 0.2) is 0 Å². The van der Waals surface area contributed by atoms with Gasteiger partial charge in [-0.15, -0.1) is 0 Å². The maximum absolute atomic E-state index is 10.1. The van der Waals surface area contributed by atoms with Crippen LogP contribution in [0.3, 0.4) is 0 Å². The van der Waals surface area contributed by atoms with E-state index in [2.05, 4.69) is 19.1 Å². The van der Waals surface area contributed by atoms with Gasteiger partial charge in [-0.1, -0.05) is 44.8 Å². The summed E-state index contributed by atoms with van der Waals surface area (Å²) in [5.74, 6) is 0. The number of allylic oxidation sites excluding steroid dienone is 2. The first kappa shape index (κ1) is 15.4. The second-order valence-corrected chi connectivity index (χ2v) is 4.28. The van der Waals surface area contributed by atoms with E-state index in [1.54, 1.807) is 0 Å². The van der Waals surface area contributed by atoms with E-state index < -0.39 is 6.10 Å². The third-order valence-corrected chi connectivity index (χ3v) is 2.68. The van der Waals surface area contributed by atoms with Gasteiger partial charge in [0, 0.05) is 6.42 Å². The first-order valence-corrected chi connectivity index (χ1v) is 6.58. The van der Waals surface area contributed by atoms with E-state index in [0.29, 0.717) is 6.42 Å². The SMILES string of the molecule is CC/C=C/CCCCCCCC(O)CC=O. The van der Waals surface area contributed by atoms with Crippen molar-refractivity contribution in [2.75, 3.05) is 0 Å². The molecule has 1 atom stereocenters. The van der Waals surface area contributed by atoms with Crippen LogP contribution in [0.2, 0.25) is 0 Å². The molecule has 0 aliphatic heterocycles. The number of aliphatic hydroxyl groups excluding tert-OH is 1. The fraction of sp³-hybridized carbons (Fsp3) is 0.786. The van der Waals surface area contributed by atoms with Gasteiger partial charge < -0.3 is 9.90 Å². The summed E-state index contributed by atoms with van der Waals surface area (Å²) >= 11 is 0. The van der Waals surface area contributed by atoms with E-state index in [-0.39, 0.29) is 0 Å². The van der Waals surface area contributed by atoms with Crippen LogP contribution in [0.25, 0.3) is 0 Å². The van der Waals surface area contributed by atoms with Gasteiger partial charge in [0.1, 0.15) is 6.29 Å². The van der Waals surface area contributed by atoms with Crippen LogP contribution < -0.4 is 0 Å². The summed E-state index contributed by atoms with van der Waals surface area (Å²) in [5, 5.41) is 9.31. The highest BCUT2D eigenvalue weighted by Crippen LogP contribution is 2.10. The molecule has 0 aliphatic rings. The topological polar surface area (TPSA) is 37.3 Å². The lowest BCUT2D eigenvalue weighted by atomic mass is 10.1. The molecule has 0 aromatic heterocycles. The quantitative estimate of drug-likeness (QED) is 0.332. The lowest BCUT2D eigenvalue weighted by Crippen LogP contribution is -2.06. The first-order valence-electron chi connectivity index (χ1n) is 6.58. The summed E-state index contributed by atoms with van der Waals surface area (Å²) in [6, 6.07) is 0. The molecule has 0 heterocycles. The number of unbranched alkanes of at least 4 members (excludes halogenated alkanes) is 5. The van der Waals surface area contributed by atoms with Crippen molar-refractivity contribution >= 4 is 6.29 Å². The maximum atomic E-state index is 10.1. The smallest absolute Gasteiger partial charge is 0.122 e. The molecule has 0 rings (SSSR count). The molecule has 0 fully saturated rings. The Hall–Kier alpha value is -0.630. The van der Waals surface area contributed by atoms with Crippen LogP contribution in [-0.4, -0.2) is 17.5 Å². The van der Waals surface area contributed by atoms with Gasteiger partial charge in [0.05, 0.1) is 6.10 Å². The van der Waals surface area contributed by atoms with Crippen molar-refractivity contribution < 1.29 is 9.90 Å². The summed E-state index contributed by atoms with van der Waals surface area (Å²) in [6.07, 6.45) is 14.3. The van der Waals surface area contributed by atoms with Crippen molar-refractivity contribution in [3.05, 3.63) is 12.2 Å². The lowest BCUT2D eigenvalue weighted by molar-refractivity contribution is -0.109. The van der Waals surface area contributed by atoms with Gasteiger partial charge in [-0.2, -0.15) is 0 Å². The number of aliphatic hydroxyl groups is 1. The minimum absolute atomic E-state index is 0.293. The molecule has 94 valence electrons. The van der Waals surface area contributed by atoms with E-state index in [0.717, 1.165) is 25.5 Å². The van der Waals surface area contributed by atoms with E-state index in [1.807, 2.05) is 0 Å². The van der Waals surface area contributed by atoms with Crippen LogP contribution in [0, 0.1) is 0 Å². The van der Waals surface area contributed by atoms with Crippen LogP contribution in [0.5, 0.6) is 0 Å². The highest BCUT2D eigenvalue weighted by atomic mass is 16.3. The largest absolute Gasteiger partial charge is 0.393 e. The van der Waals surface area contributed by atoms with Crippen molar-refractivity contribution in [1.29, 1.82) is 0 Å². The molecular weight excluding hydrogens is 200 g/mol. The zero-order valence-corrected chi connectivity index (χ0v) is 10.5. The number of carbonyl (C=O) groups excluding carboxylic acids is 1. The Morgan fingerprint density at radius 2 is 1.75 bits per heavy atom. The van der Waals surface area contributed by atoms with E-state index in [4.69, 9.17) is 0 Å². The zero-order valence-electron chi connectivity index (χ0n) is 10.5. The monoisotopic (exact) mass is 226 g/mol. The highest BCUT2D eigenvalue weighted by Gasteiger charge is 2.01. The third kappa shape index (κ3) is 11.4. The Kier molecular flexibility index (Phi) is 11.9. The Morgan fingerprint density at radius 1 is 1.06 bits per heavy atom. The Morgan fingerprint density at radius 3 is 2.44 bits per heavy atom. The molecular formula is C14H26O2. The fourth-order valence-corrected chi connectivity index (χ4v) is 1.69. The van der Waals surface area contributed by atoms with Gasteiger partial charge >= 0.3 is 0 Å². The second kappa shape index (κ2) is 12.4. The summed E-state index contributed by atoms with van der Waals surface area (Å²) in [5.41, 5.74) is 0. The molecule has 0 saturated carbocycles. The summed E-state index contributed by atoms with van der Waals surface area (Å²) in [6.45, 7) is 2.15. The van der Waals surface area contributed by atoms with Crippen molar-refractivity contribution in [2.24, 2.45) is 0 Å². The number of hydrogen-bond donors (Lipinski definition) is 1. The Labute approximate surface area is 99.7 Å². The Balaban J connectivity index is 3.09. The predicted molar refractivity (Wildman–Crippen MR) is 68.4 cm³/mol. The third-order valence-electron chi connectivity index (χ3n) is 2.68.